The predicted octanol–water partition coefficient (Wildman–Crippen LogP) is 2.68. The number of thiophene rings is 1. The van der Waals surface area contributed by atoms with Gasteiger partial charge in [-0.25, -0.2) is 0 Å². The number of aryl methyl sites for hydroxylation is 1. The van der Waals surface area contributed by atoms with E-state index in [2.05, 4.69) is 22.1 Å². The van der Waals surface area contributed by atoms with Crippen LogP contribution in [0, 0.1) is 0 Å². The molecule has 0 aliphatic carbocycles. The van der Waals surface area contributed by atoms with Gasteiger partial charge < -0.3 is 5.32 Å². The molecule has 1 nitrogen and oxygen atoms in total. The summed E-state index contributed by atoms with van der Waals surface area (Å²) in [4.78, 5) is 0. The lowest BCUT2D eigenvalue weighted by atomic mass is 10.1. The van der Waals surface area contributed by atoms with Crippen molar-refractivity contribution in [2.24, 2.45) is 0 Å². The lowest BCUT2D eigenvalue weighted by Gasteiger charge is -1.98. The molecule has 1 aromatic rings. The summed E-state index contributed by atoms with van der Waals surface area (Å²) < 4.78 is 0. The number of unbranched alkanes of at least 4 members (excludes halogenated alkanes) is 2. The first kappa shape index (κ1) is 9.75. The van der Waals surface area contributed by atoms with Crippen molar-refractivity contribution < 1.29 is 0 Å². The average molecular weight is 183 g/mol. The van der Waals surface area contributed by atoms with Gasteiger partial charge in [-0.1, -0.05) is 6.42 Å². The second kappa shape index (κ2) is 6.21. The third kappa shape index (κ3) is 3.88. The van der Waals surface area contributed by atoms with E-state index in [-0.39, 0.29) is 0 Å². The standard InChI is InChI=1S/C10H17NS/c1-11-7-4-2-3-5-10-6-8-12-9-10/h6,8-9,11H,2-5,7H2,1H3. The summed E-state index contributed by atoms with van der Waals surface area (Å²) in [5, 5.41) is 7.57. The third-order valence-electron chi connectivity index (χ3n) is 1.97. The molecule has 0 atom stereocenters. The van der Waals surface area contributed by atoms with E-state index in [9.17, 15) is 0 Å². The molecule has 0 spiro atoms. The Kier molecular flexibility index (Phi) is 5.04. The normalized spacial score (nSPS) is 10.4. The Bertz CT molecular complexity index is 182. The Morgan fingerprint density at radius 3 is 2.92 bits per heavy atom. The molecule has 0 fully saturated rings. The van der Waals surface area contributed by atoms with Crippen molar-refractivity contribution in [3.05, 3.63) is 22.4 Å². The van der Waals surface area contributed by atoms with Gasteiger partial charge in [-0.05, 0) is 55.2 Å². The van der Waals surface area contributed by atoms with Crippen molar-refractivity contribution in [2.45, 2.75) is 25.7 Å². The van der Waals surface area contributed by atoms with Crippen LogP contribution in [-0.2, 0) is 6.42 Å². The maximum atomic E-state index is 3.16. The third-order valence-corrected chi connectivity index (χ3v) is 2.70. The van der Waals surface area contributed by atoms with Crippen LogP contribution in [-0.4, -0.2) is 13.6 Å². The summed E-state index contributed by atoms with van der Waals surface area (Å²) in [5.41, 5.74) is 1.50. The zero-order chi connectivity index (χ0) is 8.65. The van der Waals surface area contributed by atoms with Gasteiger partial charge in [-0.2, -0.15) is 11.3 Å². The molecule has 0 saturated heterocycles. The highest BCUT2D eigenvalue weighted by Gasteiger charge is 1.92. The molecule has 0 aromatic carbocycles. The molecule has 68 valence electrons. The van der Waals surface area contributed by atoms with Gasteiger partial charge in [0.1, 0.15) is 0 Å². The van der Waals surface area contributed by atoms with Gasteiger partial charge in [-0.15, -0.1) is 0 Å². The van der Waals surface area contributed by atoms with Gasteiger partial charge in [0.15, 0.2) is 0 Å². The highest BCUT2D eigenvalue weighted by atomic mass is 32.1. The van der Waals surface area contributed by atoms with Crippen LogP contribution >= 0.6 is 11.3 Å². The van der Waals surface area contributed by atoms with Gasteiger partial charge in [0, 0.05) is 0 Å². The molecule has 0 unspecified atom stereocenters. The topological polar surface area (TPSA) is 12.0 Å². The molecule has 12 heavy (non-hydrogen) atoms. The lowest BCUT2D eigenvalue weighted by Crippen LogP contribution is -2.07. The SMILES string of the molecule is CNCCCCCc1ccsc1. The van der Waals surface area contributed by atoms with Crippen molar-refractivity contribution in [1.29, 1.82) is 0 Å². The molecular formula is C10H17NS. The minimum atomic E-state index is 1.16. The maximum Gasteiger partial charge on any atom is -0.00519 e. The molecule has 0 amide bonds. The van der Waals surface area contributed by atoms with Crippen LogP contribution in [0.1, 0.15) is 24.8 Å². The monoisotopic (exact) mass is 183 g/mol. The van der Waals surface area contributed by atoms with Gasteiger partial charge in [0.2, 0.25) is 0 Å². The van der Waals surface area contributed by atoms with E-state index in [4.69, 9.17) is 0 Å². The van der Waals surface area contributed by atoms with Crippen LogP contribution in [0.2, 0.25) is 0 Å². The zero-order valence-electron chi connectivity index (χ0n) is 7.68. The van der Waals surface area contributed by atoms with Gasteiger partial charge in [0.05, 0.1) is 0 Å². The summed E-state index contributed by atoms with van der Waals surface area (Å²) in [5.74, 6) is 0. The van der Waals surface area contributed by atoms with Crippen molar-refractivity contribution in [1.82, 2.24) is 5.32 Å². The van der Waals surface area contributed by atoms with Crippen LogP contribution < -0.4 is 5.32 Å². The van der Waals surface area contributed by atoms with Crippen molar-refractivity contribution in [2.75, 3.05) is 13.6 Å². The van der Waals surface area contributed by atoms with E-state index in [1.54, 1.807) is 11.3 Å². The smallest absolute Gasteiger partial charge is 0.00519 e. The second-order valence-electron chi connectivity index (χ2n) is 3.05. The Morgan fingerprint density at radius 1 is 1.33 bits per heavy atom. The molecule has 0 saturated carbocycles. The Morgan fingerprint density at radius 2 is 2.25 bits per heavy atom. The van der Waals surface area contributed by atoms with Gasteiger partial charge in [-0.3, -0.25) is 0 Å². The maximum absolute atomic E-state index is 3.16. The number of rotatable bonds is 6. The fourth-order valence-electron chi connectivity index (χ4n) is 1.24. The first-order chi connectivity index (χ1) is 5.93. The van der Waals surface area contributed by atoms with E-state index in [0.717, 1.165) is 6.54 Å². The minimum Gasteiger partial charge on any atom is -0.320 e. The molecule has 0 aliphatic heterocycles. The van der Waals surface area contributed by atoms with E-state index in [0.29, 0.717) is 0 Å². The van der Waals surface area contributed by atoms with Gasteiger partial charge in [0.25, 0.3) is 0 Å². The van der Waals surface area contributed by atoms with Crippen LogP contribution in [0.15, 0.2) is 16.8 Å². The molecule has 1 aromatic heterocycles. The largest absolute Gasteiger partial charge is 0.320 e. The molecule has 1 N–H and O–H groups in total. The molecule has 2 heteroatoms. The zero-order valence-corrected chi connectivity index (χ0v) is 8.49. The first-order valence-corrected chi connectivity index (χ1v) is 5.53. The van der Waals surface area contributed by atoms with E-state index in [1.165, 1.54) is 31.2 Å². The van der Waals surface area contributed by atoms with E-state index >= 15 is 0 Å². The molecule has 1 heterocycles. The average Bonchev–Trinajstić information content (AvgIpc) is 2.57. The minimum absolute atomic E-state index is 1.16. The van der Waals surface area contributed by atoms with Crippen LogP contribution in [0.25, 0.3) is 0 Å². The van der Waals surface area contributed by atoms with Crippen LogP contribution in [0.5, 0.6) is 0 Å². The fourth-order valence-corrected chi connectivity index (χ4v) is 1.95. The predicted molar refractivity (Wildman–Crippen MR) is 55.8 cm³/mol. The summed E-state index contributed by atoms with van der Waals surface area (Å²) >= 11 is 1.80. The lowest BCUT2D eigenvalue weighted by molar-refractivity contribution is 0.643. The Labute approximate surface area is 78.8 Å². The van der Waals surface area contributed by atoms with Gasteiger partial charge >= 0.3 is 0 Å². The second-order valence-corrected chi connectivity index (χ2v) is 3.83. The summed E-state index contributed by atoms with van der Waals surface area (Å²) in [6.07, 6.45) is 5.24. The van der Waals surface area contributed by atoms with Crippen molar-refractivity contribution >= 4 is 11.3 Å². The van der Waals surface area contributed by atoms with Crippen molar-refractivity contribution in [3.8, 4) is 0 Å². The fraction of sp³-hybridized carbons (Fsp3) is 0.600. The molecule has 0 aliphatic rings. The van der Waals surface area contributed by atoms with Crippen molar-refractivity contribution in [3.63, 3.8) is 0 Å². The highest BCUT2D eigenvalue weighted by molar-refractivity contribution is 7.07. The highest BCUT2D eigenvalue weighted by Crippen LogP contribution is 2.09. The number of hydrogen-bond donors (Lipinski definition) is 1. The number of hydrogen-bond acceptors (Lipinski definition) is 2. The summed E-state index contributed by atoms with van der Waals surface area (Å²) in [7, 11) is 2.01. The Balaban J connectivity index is 1.96. The van der Waals surface area contributed by atoms with E-state index in [1.807, 2.05) is 7.05 Å². The quantitative estimate of drug-likeness (QED) is 0.669. The Hall–Kier alpha value is -0.340. The summed E-state index contributed by atoms with van der Waals surface area (Å²) in [6.45, 7) is 1.16. The summed E-state index contributed by atoms with van der Waals surface area (Å²) in [6, 6.07) is 2.22. The van der Waals surface area contributed by atoms with Crippen LogP contribution in [0.4, 0.5) is 0 Å². The van der Waals surface area contributed by atoms with Crippen LogP contribution in [0.3, 0.4) is 0 Å². The molecular weight excluding hydrogens is 166 g/mol. The first-order valence-electron chi connectivity index (χ1n) is 4.59. The van der Waals surface area contributed by atoms with E-state index < -0.39 is 0 Å². The molecule has 0 bridgehead atoms. The molecule has 1 rings (SSSR count). The number of nitrogens with one attached hydrogen (secondary N) is 1. The molecule has 0 radical (unpaired) electrons.